The van der Waals surface area contributed by atoms with E-state index in [0.717, 1.165) is 34.3 Å². The molecule has 4 heterocycles. The molecular weight excluding hydrogens is 470 g/mol. The summed E-state index contributed by atoms with van der Waals surface area (Å²) in [6.07, 6.45) is 3.92. The van der Waals surface area contributed by atoms with Crippen molar-refractivity contribution in [2.24, 2.45) is 0 Å². The molecule has 0 bridgehead atoms. The number of aromatic nitrogens is 2. The van der Waals surface area contributed by atoms with Crippen LogP contribution in [-0.2, 0) is 11.2 Å². The quantitative estimate of drug-likeness (QED) is 0.369. The highest BCUT2D eigenvalue weighted by Crippen LogP contribution is 2.31. The summed E-state index contributed by atoms with van der Waals surface area (Å²) in [5.41, 5.74) is 7.65. The Morgan fingerprint density at radius 2 is 1.85 bits per heavy atom. The first kappa shape index (κ1) is 22.3. The number of likely N-dealkylation sites (tertiary alicyclic amines) is 1. The minimum atomic E-state index is -0.447. The SMILES string of the molecule is O=C(NNC(=O)c1csc(C2CCN(C(=O)Cc3c[nH]c4ccccc34)CC2)n1)c1ccsc1. The summed E-state index contributed by atoms with van der Waals surface area (Å²) in [4.78, 5) is 46.8. The normalized spacial score (nSPS) is 14.3. The van der Waals surface area contributed by atoms with Crippen LogP contribution < -0.4 is 10.9 Å². The fraction of sp³-hybridized carbons (Fsp3) is 0.250. The largest absolute Gasteiger partial charge is 0.361 e. The predicted octanol–water partition coefficient (Wildman–Crippen LogP) is 3.71. The van der Waals surface area contributed by atoms with Gasteiger partial charge in [-0.25, -0.2) is 4.98 Å². The second-order valence-corrected chi connectivity index (χ2v) is 9.85. The minimum Gasteiger partial charge on any atom is -0.361 e. The number of hydrazine groups is 1. The van der Waals surface area contributed by atoms with E-state index >= 15 is 0 Å². The van der Waals surface area contributed by atoms with Crippen molar-refractivity contribution in [3.05, 3.63) is 74.5 Å². The van der Waals surface area contributed by atoms with Crippen molar-refractivity contribution >= 4 is 51.3 Å². The van der Waals surface area contributed by atoms with Crippen LogP contribution in [0.5, 0.6) is 0 Å². The molecule has 0 radical (unpaired) electrons. The number of fused-ring (bicyclic) bond motifs is 1. The van der Waals surface area contributed by atoms with Crippen LogP contribution in [-0.4, -0.2) is 45.7 Å². The molecule has 3 amide bonds. The van der Waals surface area contributed by atoms with Gasteiger partial charge in [0.25, 0.3) is 11.8 Å². The molecular formula is C24H23N5O3S2. The van der Waals surface area contributed by atoms with Crippen LogP contribution in [0.25, 0.3) is 10.9 Å². The summed E-state index contributed by atoms with van der Waals surface area (Å²) in [6, 6.07) is 9.68. The summed E-state index contributed by atoms with van der Waals surface area (Å²) in [5.74, 6) is -0.472. The number of nitrogens with zero attached hydrogens (tertiary/aromatic N) is 2. The van der Waals surface area contributed by atoms with Gasteiger partial charge in [0.05, 0.1) is 17.0 Å². The molecule has 1 aliphatic heterocycles. The average Bonchev–Trinajstić information content (AvgIpc) is 3.64. The molecule has 174 valence electrons. The maximum absolute atomic E-state index is 12.9. The van der Waals surface area contributed by atoms with E-state index in [1.54, 1.807) is 22.2 Å². The lowest BCUT2D eigenvalue weighted by atomic mass is 9.97. The topological polar surface area (TPSA) is 107 Å². The lowest BCUT2D eigenvalue weighted by Crippen LogP contribution is -2.41. The maximum Gasteiger partial charge on any atom is 0.289 e. The second-order valence-electron chi connectivity index (χ2n) is 8.18. The third-order valence-corrected chi connectivity index (χ3v) is 7.73. The Bertz CT molecular complexity index is 1320. The van der Waals surface area contributed by atoms with Gasteiger partial charge in [-0.15, -0.1) is 11.3 Å². The first-order valence-corrected chi connectivity index (χ1v) is 12.8. The van der Waals surface area contributed by atoms with Gasteiger partial charge in [-0.2, -0.15) is 11.3 Å². The Hall–Kier alpha value is -3.50. The monoisotopic (exact) mass is 493 g/mol. The number of thiazole rings is 1. The molecule has 1 saturated heterocycles. The van der Waals surface area contributed by atoms with E-state index in [1.807, 2.05) is 35.4 Å². The molecule has 1 aromatic carbocycles. The number of aromatic amines is 1. The first-order valence-electron chi connectivity index (χ1n) is 11.0. The lowest BCUT2D eigenvalue weighted by molar-refractivity contribution is -0.131. The van der Waals surface area contributed by atoms with Crippen LogP contribution in [0.1, 0.15) is 50.2 Å². The third-order valence-electron chi connectivity index (χ3n) is 6.04. The first-order chi connectivity index (χ1) is 16.6. The number of thiophene rings is 1. The third kappa shape index (κ3) is 4.73. The zero-order chi connectivity index (χ0) is 23.5. The molecule has 4 aromatic rings. The fourth-order valence-electron chi connectivity index (χ4n) is 4.15. The van der Waals surface area contributed by atoms with Crippen LogP contribution in [0.4, 0.5) is 0 Å². The van der Waals surface area contributed by atoms with Crippen LogP contribution in [0.15, 0.2) is 52.7 Å². The van der Waals surface area contributed by atoms with E-state index in [4.69, 9.17) is 0 Å². The fourth-order valence-corrected chi connectivity index (χ4v) is 5.76. The molecule has 8 nitrogen and oxygen atoms in total. The zero-order valence-corrected chi connectivity index (χ0v) is 19.9. The number of para-hydroxylation sites is 1. The number of hydrogen-bond donors (Lipinski definition) is 3. The molecule has 0 saturated carbocycles. The molecule has 3 aromatic heterocycles. The van der Waals surface area contributed by atoms with Crippen LogP contribution in [0, 0.1) is 0 Å². The summed E-state index contributed by atoms with van der Waals surface area (Å²) in [7, 11) is 0. The van der Waals surface area contributed by atoms with E-state index < -0.39 is 5.91 Å². The van der Waals surface area contributed by atoms with Gasteiger partial charge >= 0.3 is 0 Å². The van der Waals surface area contributed by atoms with Crippen molar-refractivity contribution in [2.45, 2.75) is 25.2 Å². The van der Waals surface area contributed by atoms with Gasteiger partial charge in [0.1, 0.15) is 5.69 Å². The highest BCUT2D eigenvalue weighted by Gasteiger charge is 2.27. The Morgan fingerprint density at radius 1 is 1.06 bits per heavy atom. The van der Waals surface area contributed by atoms with Gasteiger partial charge in [-0.05, 0) is 35.9 Å². The van der Waals surface area contributed by atoms with Gasteiger partial charge in [-0.3, -0.25) is 25.2 Å². The van der Waals surface area contributed by atoms with Gasteiger partial charge in [0.2, 0.25) is 5.91 Å². The lowest BCUT2D eigenvalue weighted by Gasteiger charge is -2.31. The van der Waals surface area contributed by atoms with Crippen molar-refractivity contribution in [1.29, 1.82) is 0 Å². The summed E-state index contributed by atoms with van der Waals surface area (Å²) in [5, 5.41) is 7.18. The molecule has 1 fully saturated rings. The van der Waals surface area contributed by atoms with E-state index in [0.29, 0.717) is 25.1 Å². The molecule has 3 N–H and O–H groups in total. The van der Waals surface area contributed by atoms with Gasteiger partial charge < -0.3 is 9.88 Å². The highest BCUT2D eigenvalue weighted by atomic mass is 32.1. The van der Waals surface area contributed by atoms with Crippen molar-refractivity contribution in [1.82, 2.24) is 25.7 Å². The highest BCUT2D eigenvalue weighted by molar-refractivity contribution is 7.10. The number of carbonyl (C=O) groups is 3. The molecule has 5 rings (SSSR count). The van der Waals surface area contributed by atoms with Gasteiger partial charge in [0.15, 0.2) is 0 Å². The molecule has 0 atom stereocenters. The average molecular weight is 494 g/mol. The number of hydrogen-bond acceptors (Lipinski definition) is 6. The Balaban J connectivity index is 1.13. The standard InChI is InChI=1S/C24H23N5O3S2/c30-21(11-17-12-25-19-4-2-1-3-18(17)19)29-8-5-15(6-9-29)24-26-20(14-34-24)23(32)28-27-22(31)16-7-10-33-13-16/h1-4,7,10,12-15,25H,5-6,8-9,11H2,(H,27,31)(H,28,32). The van der Waals surface area contributed by atoms with Gasteiger partial charge in [0, 0.05) is 46.9 Å². The smallest absolute Gasteiger partial charge is 0.289 e. The van der Waals surface area contributed by atoms with E-state index in [2.05, 4.69) is 20.8 Å². The van der Waals surface area contributed by atoms with Crippen molar-refractivity contribution in [2.75, 3.05) is 13.1 Å². The number of carbonyl (C=O) groups excluding carboxylic acids is 3. The number of amides is 3. The van der Waals surface area contributed by atoms with E-state index in [-0.39, 0.29) is 23.4 Å². The summed E-state index contributed by atoms with van der Waals surface area (Å²) in [6.45, 7) is 1.34. The molecule has 10 heteroatoms. The Labute approximate surface area is 204 Å². The number of nitrogens with one attached hydrogen (secondary N) is 3. The molecule has 1 aliphatic rings. The van der Waals surface area contributed by atoms with Crippen LogP contribution in [0.2, 0.25) is 0 Å². The minimum absolute atomic E-state index is 0.128. The second kappa shape index (κ2) is 9.78. The van der Waals surface area contributed by atoms with Crippen LogP contribution in [0.3, 0.4) is 0 Å². The van der Waals surface area contributed by atoms with Crippen molar-refractivity contribution in [3.63, 3.8) is 0 Å². The molecule has 0 unspecified atom stereocenters. The van der Waals surface area contributed by atoms with Crippen molar-refractivity contribution in [3.8, 4) is 0 Å². The Kier molecular flexibility index (Phi) is 6.41. The summed E-state index contributed by atoms with van der Waals surface area (Å²) >= 11 is 2.85. The molecule has 0 spiro atoms. The zero-order valence-electron chi connectivity index (χ0n) is 18.2. The number of piperidine rings is 1. The molecule has 34 heavy (non-hydrogen) atoms. The summed E-state index contributed by atoms with van der Waals surface area (Å²) < 4.78 is 0. The van der Waals surface area contributed by atoms with E-state index in [9.17, 15) is 14.4 Å². The van der Waals surface area contributed by atoms with Gasteiger partial charge in [-0.1, -0.05) is 18.2 Å². The Morgan fingerprint density at radius 3 is 2.65 bits per heavy atom. The maximum atomic E-state index is 12.9. The predicted molar refractivity (Wildman–Crippen MR) is 132 cm³/mol. The molecule has 0 aliphatic carbocycles. The van der Waals surface area contributed by atoms with Crippen molar-refractivity contribution < 1.29 is 14.4 Å². The number of H-pyrrole nitrogens is 1. The van der Waals surface area contributed by atoms with Crippen LogP contribution >= 0.6 is 22.7 Å². The number of benzene rings is 1. The number of rotatable bonds is 5. The van der Waals surface area contributed by atoms with E-state index in [1.165, 1.54) is 22.7 Å².